The van der Waals surface area contributed by atoms with Gasteiger partial charge in [0.1, 0.15) is 11.4 Å². The van der Waals surface area contributed by atoms with Gasteiger partial charge in [-0.1, -0.05) is 34.6 Å². The molecule has 1 aliphatic heterocycles. The highest BCUT2D eigenvalue weighted by atomic mass is 35.5. The zero-order valence-electron chi connectivity index (χ0n) is 16.9. The van der Waals surface area contributed by atoms with Crippen LogP contribution in [0.3, 0.4) is 0 Å². The number of amides is 2. The molecule has 0 saturated carbocycles. The molecule has 0 bridgehead atoms. The number of thioether (sulfide) groups is 1. The lowest BCUT2D eigenvalue weighted by Gasteiger charge is -2.18. The van der Waals surface area contributed by atoms with Gasteiger partial charge >= 0.3 is 6.01 Å². The number of nitrogens with zero attached hydrogens (tertiary/aromatic N) is 4. The minimum atomic E-state index is -0.378. The van der Waals surface area contributed by atoms with Gasteiger partial charge in [0, 0.05) is 4.88 Å². The number of carbonyl (C=O) groups excluding carboxylic acids is 2. The Hall–Kier alpha value is -3.15. The molecule has 0 atom stereocenters. The molecule has 0 saturated heterocycles. The van der Waals surface area contributed by atoms with Gasteiger partial charge in [0.05, 0.1) is 23.6 Å². The van der Waals surface area contributed by atoms with E-state index in [1.807, 2.05) is 17.5 Å². The molecule has 1 aliphatic rings. The van der Waals surface area contributed by atoms with E-state index in [9.17, 15) is 9.59 Å². The molecule has 3 heterocycles. The molecule has 0 spiro atoms. The lowest BCUT2D eigenvalue weighted by Crippen LogP contribution is -2.31. The second-order valence-electron chi connectivity index (χ2n) is 6.38. The first-order chi connectivity index (χ1) is 15.4. The molecule has 0 unspecified atom stereocenters. The van der Waals surface area contributed by atoms with Gasteiger partial charge in [-0.25, -0.2) is 4.99 Å². The van der Waals surface area contributed by atoms with Crippen LogP contribution < -0.4 is 15.0 Å². The van der Waals surface area contributed by atoms with Gasteiger partial charge in [-0.3, -0.25) is 19.8 Å². The Kier molecular flexibility index (Phi) is 6.58. The summed E-state index contributed by atoms with van der Waals surface area (Å²) in [7, 11) is 1.51. The van der Waals surface area contributed by atoms with Crippen LogP contribution in [0.25, 0.3) is 6.08 Å². The number of carbonyl (C=O) groups is 2. The summed E-state index contributed by atoms with van der Waals surface area (Å²) in [4.78, 5) is 36.2. The summed E-state index contributed by atoms with van der Waals surface area (Å²) in [6.45, 7) is 1.64. The Bertz CT molecular complexity index is 1220. The van der Waals surface area contributed by atoms with Crippen molar-refractivity contribution in [2.75, 3.05) is 23.1 Å². The van der Waals surface area contributed by atoms with Crippen LogP contribution in [0.4, 0.5) is 11.7 Å². The number of methoxy groups -OCH3 is 1. The number of rotatable bonds is 6. The van der Waals surface area contributed by atoms with Crippen molar-refractivity contribution in [3.63, 3.8) is 0 Å². The fraction of sp³-hybridized carbons (Fsp3) is 0.150. The standard InChI is InChI=1S/C20H16ClN5O4S2/c1-11-22-19(30-25-11)24-17(27)10-32-20-23-15(9-13-4-3-7-31-13)18(28)26(20)12-5-6-16(29-2)14(21)8-12/h3-9H,10H2,1-2H3,(H,22,24,25,27)/b15-9-. The number of ether oxygens (including phenoxy) is 1. The second kappa shape index (κ2) is 9.55. The summed E-state index contributed by atoms with van der Waals surface area (Å²) in [6.07, 6.45) is 1.71. The molecule has 4 rings (SSSR count). The summed E-state index contributed by atoms with van der Waals surface area (Å²) < 4.78 is 10.1. The Morgan fingerprint density at radius 1 is 1.41 bits per heavy atom. The maximum absolute atomic E-state index is 13.2. The number of benzene rings is 1. The maximum Gasteiger partial charge on any atom is 0.328 e. The summed E-state index contributed by atoms with van der Waals surface area (Å²) in [5.74, 6) is 0.161. The van der Waals surface area contributed by atoms with Gasteiger partial charge in [-0.15, -0.1) is 11.3 Å². The number of hydrogen-bond donors (Lipinski definition) is 1. The number of aliphatic imine (C=N–C) groups is 1. The van der Waals surface area contributed by atoms with Crippen molar-refractivity contribution in [1.82, 2.24) is 10.1 Å². The van der Waals surface area contributed by atoms with E-state index in [0.29, 0.717) is 27.5 Å². The van der Waals surface area contributed by atoms with E-state index >= 15 is 0 Å². The van der Waals surface area contributed by atoms with Crippen LogP contribution in [0.5, 0.6) is 5.75 Å². The lowest BCUT2D eigenvalue weighted by molar-refractivity contribution is -0.114. The number of anilines is 2. The molecule has 32 heavy (non-hydrogen) atoms. The fourth-order valence-corrected chi connectivity index (χ4v) is 4.47. The van der Waals surface area contributed by atoms with Gasteiger partial charge in [0.2, 0.25) is 5.91 Å². The highest BCUT2D eigenvalue weighted by Gasteiger charge is 2.33. The van der Waals surface area contributed by atoms with Crippen molar-refractivity contribution in [2.45, 2.75) is 6.92 Å². The van der Waals surface area contributed by atoms with Crippen molar-refractivity contribution in [2.24, 2.45) is 4.99 Å². The van der Waals surface area contributed by atoms with Crippen molar-refractivity contribution in [3.8, 4) is 5.75 Å². The third kappa shape index (κ3) is 4.85. The number of aromatic nitrogens is 2. The maximum atomic E-state index is 13.2. The van der Waals surface area contributed by atoms with Gasteiger partial charge in [0.15, 0.2) is 11.0 Å². The van der Waals surface area contributed by atoms with E-state index in [4.69, 9.17) is 20.9 Å². The minimum absolute atomic E-state index is 0.00890. The van der Waals surface area contributed by atoms with E-state index in [2.05, 4.69) is 20.4 Å². The largest absolute Gasteiger partial charge is 0.495 e. The van der Waals surface area contributed by atoms with E-state index in [0.717, 1.165) is 16.6 Å². The highest BCUT2D eigenvalue weighted by molar-refractivity contribution is 8.14. The van der Waals surface area contributed by atoms with Gasteiger partial charge in [0.25, 0.3) is 5.91 Å². The number of amidine groups is 1. The van der Waals surface area contributed by atoms with Crippen molar-refractivity contribution in [1.29, 1.82) is 0 Å². The van der Waals surface area contributed by atoms with Gasteiger partial charge in [-0.05, 0) is 42.6 Å². The van der Waals surface area contributed by atoms with Crippen LogP contribution in [0, 0.1) is 6.92 Å². The Balaban J connectivity index is 1.58. The third-order valence-corrected chi connectivity index (χ3v) is 6.20. The molecule has 164 valence electrons. The van der Waals surface area contributed by atoms with Crippen LogP contribution in [0.2, 0.25) is 5.02 Å². The van der Waals surface area contributed by atoms with Crippen LogP contribution >= 0.6 is 34.7 Å². The van der Waals surface area contributed by atoms with Gasteiger partial charge < -0.3 is 9.26 Å². The second-order valence-corrected chi connectivity index (χ2v) is 8.71. The Morgan fingerprint density at radius 3 is 2.91 bits per heavy atom. The lowest BCUT2D eigenvalue weighted by atomic mass is 10.2. The van der Waals surface area contributed by atoms with Crippen molar-refractivity contribution < 1.29 is 18.8 Å². The molecule has 1 N–H and O–H groups in total. The SMILES string of the molecule is COc1ccc(N2C(=O)/C(=C/c3cccs3)N=C2SCC(=O)Nc2nc(C)no2)cc1Cl. The fourth-order valence-electron chi connectivity index (χ4n) is 2.76. The van der Waals surface area contributed by atoms with E-state index in [1.54, 1.807) is 31.2 Å². The first kappa shape index (κ1) is 22.1. The zero-order valence-corrected chi connectivity index (χ0v) is 19.3. The normalized spacial score (nSPS) is 14.7. The average molecular weight is 490 g/mol. The van der Waals surface area contributed by atoms with Crippen molar-refractivity contribution >= 4 is 69.5 Å². The molecular weight excluding hydrogens is 474 g/mol. The molecular formula is C20H16ClN5O4S2. The number of thiophene rings is 1. The summed E-state index contributed by atoms with van der Waals surface area (Å²) in [5.41, 5.74) is 0.768. The molecule has 0 aliphatic carbocycles. The molecule has 12 heteroatoms. The molecule has 0 fully saturated rings. The predicted molar refractivity (Wildman–Crippen MR) is 125 cm³/mol. The third-order valence-electron chi connectivity index (χ3n) is 4.15. The Labute approximate surface area is 196 Å². The Morgan fingerprint density at radius 2 is 2.25 bits per heavy atom. The first-order valence-corrected chi connectivity index (χ1v) is 11.4. The number of aryl methyl sites for hydroxylation is 1. The van der Waals surface area contributed by atoms with Crippen LogP contribution in [0.15, 0.2) is 50.9 Å². The summed E-state index contributed by atoms with van der Waals surface area (Å²) in [5, 5.41) is 8.74. The van der Waals surface area contributed by atoms with E-state index < -0.39 is 0 Å². The molecule has 2 amide bonds. The minimum Gasteiger partial charge on any atom is -0.495 e. The number of nitrogens with one attached hydrogen (secondary N) is 1. The summed E-state index contributed by atoms with van der Waals surface area (Å²) in [6, 6.07) is 8.77. The van der Waals surface area contributed by atoms with Crippen LogP contribution in [-0.2, 0) is 9.59 Å². The first-order valence-electron chi connectivity index (χ1n) is 9.19. The van der Waals surface area contributed by atoms with E-state index in [1.165, 1.54) is 23.3 Å². The smallest absolute Gasteiger partial charge is 0.328 e. The molecule has 3 aromatic rings. The number of hydrogen-bond acceptors (Lipinski definition) is 9. The molecule has 2 aromatic heterocycles. The quantitative estimate of drug-likeness (QED) is 0.516. The topological polar surface area (TPSA) is 110 Å². The predicted octanol–water partition coefficient (Wildman–Crippen LogP) is 4.22. The average Bonchev–Trinajstić information content (AvgIpc) is 3.49. The van der Waals surface area contributed by atoms with Crippen LogP contribution in [-0.4, -0.2) is 40.0 Å². The van der Waals surface area contributed by atoms with E-state index in [-0.39, 0.29) is 29.3 Å². The summed E-state index contributed by atoms with van der Waals surface area (Å²) >= 11 is 8.85. The zero-order chi connectivity index (χ0) is 22.7. The molecule has 9 nitrogen and oxygen atoms in total. The highest BCUT2D eigenvalue weighted by Crippen LogP contribution is 2.34. The van der Waals surface area contributed by atoms with Crippen molar-refractivity contribution in [3.05, 3.63) is 57.1 Å². The monoisotopic (exact) mass is 489 g/mol. The molecule has 1 aromatic carbocycles. The van der Waals surface area contributed by atoms with Crippen LogP contribution in [0.1, 0.15) is 10.7 Å². The van der Waals surface area contributed by atoms with Gasteiger partial charge in [-0.2, -0.15) is 4.98 Å². The molecule has 0 radical (unpaired) electrons. The number of halogens is 1.